The number of benzene rings is 3. The van der Waals surface area contributed by atoms with Crippen LogP contribution < -0.4 is 9.44 Å². The van der Waals surface area contributed by atoms with Crippen molar-refractivity contribution in [3.8, 4) is 0 Å². The van der Waals surface area contributed by atoms with Crippen LogP contribution in [0.2, 0.25) is 0 Å². The van der Waals surface area contributed by atoms with Gasteiger partial charge >= 0.3 is 59.1 Å². The molecule has 0 fully saturated rings. The Labute approximate surface area is 276 Å². The van der Waals surface area contributed by atoms with Gasteiger partial charge in [0.15, 0.2) is 0 Å². The normalized spacial score (nSPS) is 12.0. The Balaban J connectivity index is 0.00000380. The van der Waals surface area contributed by atoms with Gasteiger partial charge in [-0.3, -0.25) is 0 Å². The van der Waals surface area contributed by atoms with Gasteiger partial charge in [0.1, 0.15) is 0 Å². The number of hydrogen-bond donors (Lipinski definition) is 2. The molecular formula is C25H33N3Na2O6S3. The molecule has 39 heavy (non-hydrogen) atoms. The van der Waals surface area contributed by atoms with Crippen LogP contribution in [0.25, 0.3) is 0 Å². The van der Waals surface area contributed by atoms with Gasteiger partial charge in [-0.25, -0.2) is 34.7 Å². The molecule has 14 heteroatoms. The molecule has 0 atom stereocenters. The molecule has 0 saturated carbocycles. The van der Waals surface area contributed by atoms with Gasteiger partial charge < -0.3 is 0 Å². The summed E-state index contributed by atoms with van der Waals surface area (Å²) in [5.41, 5.74) is 2.69. The van der Waals surface area contributed by atoms with Crippen LogP contribution in [-0.4, -0.2) is 115 Å². The van der Waals surface area contributed by atoms with E-state index >= 15 is 0 Å². The number of nitrogens with zero attached hydrogens (tertiary/aromatic N) is 1. The van der Waals surface area contributed by atoms with Crippen molar-refractivity contribution in [3.05, 3.63) is 89.5 Å². The van der Waals surface area contributed by atoms with Crippen LogP contribution in [-0.2, 0) is 30.1 Å². The molecule has 3 aromatic carbocycles. The first kappa shape index (κ1) is 36.4. The van der Waals surface area contributed by atoms with Crippen molar-refractivity contribution in [3.63, 3.8) is 0 Å². The Kier molecular flexibility index (Phi) is 14.5. The summed E-state index contributed by atoms with van der Waals surface area (Å²) in [7, 11) is -11.7. The van der Waals surface area contributed by atoms with Crippen molar-refractivity contribution in [2.24, 2.45) is 0 Å². The van der Waals surface area contributed by atoms with E-state index in [0.717, 1.165) is 21.0 Å². The van der Waals surface area contributed by atoms with Crippen molar-refractivity contribution < 1.29 is 25.3 Å². The summed E-state index contributed by atoms with van der Waals surface area (Å²) in [6.45, 7) is 4.70. The van der Waals surface area contributed by atoms with Gasteiger partial charge in [0, 0.05) is 26.2 Å². The third-order valence-corrected chi connectivity index (χ3v) is 10.5. The van der Waals surface area contributed by atoms with E-state index in [1.54, 1.807) is 36.4 Å². The van der Waals surface area contributed by atoms with Crippen LogP contribution in [0.4, 0.5) is 0 Å². The fourth-order valence-electron chi connectivity index (χ4n) is 3.42. The second-order valence-corrected chi connectivity index (χ2v) is 14.1. The van der Waals surface area contributed by atoms with Gasteiger partial charge in [-0.05, 0) is 57.2 Å². The summed E-state index contributed by atoms with van der Waals surface area (Å²) in [5.74, 6) is 0. The molecule has 204 valence electrons. The molecular weight excluding hydrogens is 580 g/mol. The number of aryl methyl sites for hydroxylation is 3. The standard InChI is InChI=1S/C25H31N3O6S3.2Na.2H/c1-20-4-10-23(11-5-20)35(29,30)26-16-18-28(37(33,34)25-14-8-22(3)9-15-25)19-17-27-36(31,32)24-12-6-21(2)7-13-24;;;;/h4-15,26-27H,16-19H2,1-3H3;;;;. The molecule has 0 heterocycles. The monoisotopic (exact) mass is 613 g/mol. The van der Waals surface area contributed by atoms with E-state index in [2.05, 4.69) is 9.44 Å². The Morgan fingerprint density at radius 3 is 1.10 bits per heavy atom. The maximum atomic E-state index is 13.3. The predicted octanol–water partition coefficient (Wildman–Crippen LogP) is 1.26. The summed E-state index contributed by atoms with van der Waals surface area (Å²) in [5, 5.41) is 0. The Morgan fingerprint density at radius 2 is 0.795 bits per heavy atom. The number of sulfonamides is 3. The number of hydrogen-bond acceptors (Lipinski definition) is 6. The van der Waals surface area contributed by atoms with Crippen LogP contribution in [0.15, 0.2) is 87.5 Å². The molecule has 2 N–H and O–H groups in total. The van der Waals surface area contributed by atoms with Gasteiger partial charge in [0.2, 0.25) is 30.1 Å². The van der Waals surface area contributed by atoms with Gasteiger partial charge in [-0.1, -0.05) is 53.1 Å². The van der Waals surface area contributed by atoms with Gasteiger partial charge in [-0.15, -0.1) is 0 Å². The summed E-state index contributed by atoms with van der Waals surface area (Å²) in [4.78, 5) is 0.162. The molecule has 0 bridgehead atoms. The molecule has 0 saturated heterocycles. The fourth-order valence-corrected chi connectivity index (χ4v) is 6.91. The average Bonchev–Trinajstić information content (AvgIpc) is 2.84. The average molecular weight is 614 g/mol. The maximum absolute atomic E-state index is 13.3. The molecule has 0 aliphatic carbocycles. The van der Waals surface area contributed by atoms with E-state index in [1.165, 1.54) is 36.4 Å². The van der Waals surface area contributed by atoms with Crippen molar-refractivity contribution in [2.75, 3.05) is 26.2 Å². The first-order chi connectivity index (χ1) is 17.3. The topological polar surface area (TPSA) is 130 Å². The zero-order chi connectivity index (χ0) is 27.3. The van der Waals surface area contributed by atoms with E-state index in [1.807, 2.05) is 20.8 Å². The molecule has 0 unspecified atom stereocenters. The summed E-state index contributed by atoms with van der Waals surface area (Å²) >= 11 is 0. The van der Waals surface area contributed by atoms with Crippen molar-refractivity contribution in [1.29, 1.82) is 0 Å². The summed E-state index contributed by atoms with van der Waals surface area (Å²) < 4.78 is 83.1. The van der Waals surface area contributed by atoms with Crippen LogP contribution >= 0.6 is 0 Å². The second kappa shape index (κ2) is 15.6. The molecule has 9 nitrogen and oxygen atoms in total. The van der Waals surface area contributed by atoms with E-state index in [-0.39, 0.29) is 100.0 Å². The zero-order valence-corrected chi connectivity index (χ0v) is 23.3. The molecule has 0 radical (unpaired) electrons. The Morgan fingerprint density at radius 1 is 0.513 bits per heavy atom. The first-order valence-corrected chi connectivity index (χ1v) is 15.9. The summed E-state index contributed by atoms with van der Waals surface area (Å²) in [6, 6.07) is 18.8. The van der Waals surface area contributed by atoms with Crippen molar-refractivity contribution in [1.82, 2.24) is 13.7 Å². The summed E-state index contributed by atoms with van der Waals surface area (Å²) in [6.07, 6.45) is 0. The van der Waals surface area contributed by atoms with Crippen molar-refractivity contribution in [2.45, 2.75) is 35.5 Å². The number of rotatable bonds is 12. The number of nitrogens with one attached hydrogen (secondary N) is 2. The zero-order valence-electron chi connectivity index (χ0n) is 20.9. The van der Waals surface area contributed by atoms with Crippen LogP contribution in [0, 0.1) is 20.8 Å². The third-order valence-electron chi connectivity index (χ3n) is 5.63. The van der Waals surface area contributed by atoms with Crippen molar-refractivity contribution >= 4 is 89.2 Å². The SMILES string of the molecule is Cc1ccc(S(=O)(=O)NCCN(CCNS(=O)(=O)c2ccc(C)cc2)S(=O)(=O)c2ccc(C)cc2)cc1.[NaH].[NaH]. The van der Waals surface area contributed by atoms with E-state index in [9.17, 15) is 25.3 Å². The second-order valence-electron chi connectivity index (χ2n) is 8.64. The van der Waals surface area contributed by atoms with Crippen LogP contribution in [0.1, 0.15) is 16.7 Å². The van der Waals surface area contributed by atoms with E-state index in [4.69, 9.17) is 0 Å². The molecule has 0 amide bonds. The minimum absolute atomic E-state index is 0. The molecule has 3 aromatic rings. The fraction of sp³-hybridized carbons (Fsp3) is 0.280. The van der Waals surface area contributed by atoms with E-state index < -0.39 is 30.1 Å². The Bertz CT molecular complexity index is 1450. The minimum atomic E-state index is -4.03. The quantitative estimate of drug-likeness (QED) is 0.296. The van der Waals surface area contributed by atoms with Crippen LogP contribution in [0.5, 0.6) is 0 Å². The molecule has 0 spiro atoms. The van der Waals surface area contributed by atoms with Gasteiger partial charge in [-0.2, -0.15) is 4.31 Å². The van der Waals surface area contributed by atoms with Crippen LogP contribution in [0.3, 0.4) is 0 Å². The predicted molar refractivity (Wildman–Crippen MR) is 157 cm³/mol. The first-order valence-electron chi connectivity index (χ1n) is 11.5. The third kappa shape index (κ3) is 10.3. The molecule has 3 rings (SSSR count). The molecule has 0 aliphatic heterocycles. The Hall–Kier alpha value is -0.610. The molecule has 0 aromatic heterocycles. The molecule has 0 aliphatic rings. The van der Waals surface area contributed by atoms with E-state index in [0.29, 0.717) is 0 Å². The van der Waals surface area contributed by atoms with Gasteiger partial charge in [0.25, 0.3) is 0 Å². The van der Waals surface area contributed by atoms with Gasteiger partial charge in [0.05, 0.1) is 14.7 Å².